The molecule has 1 unspecified atom stereocenters. The molecule has 1 fully saturated rings. The predicted octanol–water partition coefficient (Wildman–Crippen LogP) is 3.18. The lowest BCUT2D eigenvalue weighted by Crippen LogP contribution is -2.43. The molecule has 1 amide bonds. The van der Waals surface area contributed by atoms with Crippen molar-refractivity contribution in [2.45, 2.75) is 37.6 Å². The van der Waals surface area contributed by atoms with Crippen molar-refractivity contribution in [2.24, 2.45) is 5.92 Å². The summed E-state index contributed by atoms with van der Waals surface area (Å²) in [6.07, 6.45) is 0.807. The average molecular weight is 432 g/mol. The number of nitro groups is 1. The molecule has 1 N–H and O–H groups in total. The summed E-state index contributed by atoms with van der Waals surface area (Å²) in [4.78, 5) is 23.0. The van der Waals surface area contributed by atoms with Gasteiger partial charge in [0.25, 0.3) is 5.69 Å². The van der Waals surface area contributed by atoms with Gasteiger partial charge in [0.1, 0.15) is 0 Å². The van der Waals surface area contributed by atoms with E-state index in [0.717, 1.165) is 11.6 Å². The molecule has 1 aliphatic rings. The molecule has 160 valence electrons. The third-order valence-corrected chi connectivity index (χ3v) is 7.52. The van der Waals surface area contributed by atoms with Crippen molar-refractivity contribution in [3.63, 3.8) is 0 Å². The molecule has 1 heterocycles. The zero-order valence-corrected chi connectivity index (χ0v) is 17.8. The predicted molar refractivity (Wildman–Crippen MR) is 112 cm³/mol. The maximum atomic E-state index is 13.0. The van der Waals surface area contributed by atoms with Gasteiger partial charge in [-0.25, -0.2) is 8.42 Å². The minimum Gasteiger partial charge on any atom is -0.349 e. The molecule has 2 aromatic carbocycles. The number of nitrogens with one attached hydrogen (secondary N) is 1. The molecule has 0 aromatic heterocycles. The molecule has 1 aliphatic heterocycles. The number of benzene rings is 2. The maximum Gasteiger partial charge on any atom is 0.270 e. The van der Waals surface area contributed by atoms with E-state index in [9.17, 15) is 23.3 Å². The van der Waals surface area contributed by atoms with Gasteiger partial charge >= 0.3 is 0 Å². The molecule has 9 heteroatoms. The molecule has 1 atom stereocenters. The molecule has 1 saturated heterocycles. The van der Waals surface area contributed by atoms with Gasteiger partial charge in [-0.2, -0.15) is 4.31 Å². The lowest BCUT2D eigenvalue weighted by molar-refractivity contribution is -0.385. The van der Waals surface area contributed by atoms with Crippen molar-refractivity contribution in [3.05, 3.63) is 69.8 Å². The average Bonchev–Trinajstić information content (AvgIpc) is 2.74. The topological polar surface area (TPSA) is 110 Å². The monoisotopic (exact) mass is 431 g/mol. The Bertz CT molecular complexity index is 1030. The second kappa shape index (κ2) is 8.93. The number of hydrogen-bond donors (Lipinski definition) is 1. The van der Waals surface area contributed by atoms with E-state index in [0.29, 0.717) is 18.4 Å². The van der Waals surface area contributed by atoms with Gasteiger partial charge in [0, 0.05) is 31.1 Å². The van der Waals surface area contributed by atoms with Gasteiger partial charge in [-0.05, 0) is 37.8 Å². The van der Waals surface area contributed by atoms with Crippen LogP contribution in [-0.2, 0) is 14.8 Å². The smallest absolute Gasteiger partial charge is 0.270 e. The van der Waals surface area contributed by atoms with Gasteiger partial charge in [0.05, 0.1) is 15.9 Å². The van der Waals surface area contributed by atoms with Crippen LogP contribution in [0.15, 0.2) is 53.4 Å². The van der Waals surface area contributed by atoms with Crippen LogP contribution in [0.1, 0.15) is 36.9 Å². The maximum absolute atomic E-state index is 13.0. The Balaban J connectivity index is 1.65. The number of non-ortho nitro benzene ring substituents is 1. The number of rotatable bonds is 6. The first-order valence-corrected chi connectivity index (χ1v) is 11.2. The summed E-state index contributed by atoms with van der Waals surface area (Å²) in [5, 5.41) is 14.0. The van der Waals surface area contributed by atoms with Crippen molar-refractivity contribution >= 4 is 21.6 Å². The fraction of sp³-hybridized carbons (Fsp3) is 0.381. The number of piperidine rings is 1. The van der Waals surface area contributed by atoms with E-state index in [4.69, 9.17) is 0 Å². The van der Waals surface area contributed by atoms with Crippen LogP contribution >= 0.6 is 0 Å². The molecule has 0 spiro atoms. The van der Waals surface area contributed by atoms with Crippen molar-refractivity contribution in [3.8, 4) is 0 Å². The van der Waals surface area contributed by atoms with Crippen LogP contribution in [0.4, 0.5) is 5.69 Å². The number of aryl methyl sites for hydroxylation is 1. The first kappa shape index (κ1) is 21.9. The second-order valence-corrected chi connectivity index (χ2v) is 9.43. The first-order chi connectivity index (χ1) is 14.2. The number of amides is 1. The van der Waals surface area contributed by atoms with E-state index in [2.05, 4.69) is 5.32 Å². The zero-order chi connectivity index (χ0) is 21.9. The Labute approximate surface area is 176 Å². The fourth-order valence-electron chi connectivity index (χ4n) is 3.63. The Morgan fingerprint density at radius 1 is 1.17 bits per heavy atom. The fourth-order valence-corrected chi connectivity index (χ4v) is 5.35. The van der Waals surface area contributed by atoms with E-state index in [1.807, 2.05) is 37.3 Å². The molecular weight excluding hydrogens is 406 g/mol. The quantitative estimate of drug-likeness (QED) is 0.558. The Morgan fingerprint density at radius 3 is 2.40 bits per heavy atom. The molecule has 30 heavy (non-hydrogen) atoms. The van der Waals surface area contributed by atoms with Crippen LogP contribution in [-0.4, -0.2) is 36.6 Å². The zero-order valence-electron chi connectivity index (χ0n) is 16.9. The lowest BCUT2D eigenvalue weighted by atomic mass is 9.96. The number of nitro benzene ring substituents is 1. The summed E-state index contributed by atoms with van der Waals surface area (Å²) in [6, 6.07) is 13.3. The van der Waals surface area contributed by atoms with Crippen LogP contribution in [0.5, 0.6) is 0 Å². The van der Waals surface area contributed by atoms with E-state index >= 15 is 0 Å². The van der Waals surface area contributed by atoms with Crippen LogP contribution in [0.3, 0.4) is 0 Å². The number of sulfonamides is 1. The molecule has 0 aliphatic carbocycles. The number of carbonyl (C=O) groups is 1. The summed E-state index contributed by atoms with van der Waals surface area (Å²) in [6.45, 7) is 3.92. The highest BCUT2D eigenvalue weighted by Gasteiger charge is 2.34. The highest BCUT2D eigenvalue weighted by molar-refractivity contribution is 7.89. The van der Waals surface area contributed by atoms with Gasteiger partial charge < -0.3 is 5.32 Å². The SMILES string of the molecule is Cc1ccc([N+](=O)[O-])cc1S(=O)(=O)N1CCC(C(=O)NC(C)c2ccccc2)CC1. The Hall–Kier alpha value is -2.78. The van der Waals surface area contributed by atoms with Crippen molar-refractivity contribution < 1.29 is 18.1 Å². The van der Waals surface area contributed by atoms with Gasteiger partial charge in [-0.1, -0.05) is 36.4 Å². The first-order valence-electron chi connectivity index (χ1n) is 9.80. The largest absolute Gasteiger partial charge is 0.349 e. The summed E-state index contributed by atoms with van der Waals surface area (Å²) in [5.41, 5.74) is 1.20. The Morgan fingerprint density at radius 2 is 1.80 bits per heavy atom. The minimum absolute atomic E-state index is 0.0581. The van der Waals surface area contributed by atoms with Crippen molar-refractivity contribution in [1.29, 1.82) is 0 Å². The summed E-state index contributed by atoms with van der Waals surface area (Å²) in [5.74, 6) is -0.358. The summed E-state index contributed by atoms with van der Waals surface area (Å²) < 4.78 is 27.4. The third kappa shape index (κ3) is 4.68. The van der Waals surface area contributed by atoms with E-state index in [1.54, 1.807) is 6.92 Å². The molecule has 0 radical (unpaired) electrons. The molecule has 8 nitrogen and oxygen atoms in total. The van der Waals surface area contributed by atoms with E-state index in [1.165, 1.54) is 16.4 Å². The van der Waals surface area contributed by atoms with Gasteiger partial charge in [-0.3, -0.25) is 14.9 Å². The van der Waals surface area contributed by atoms with Crippen molar-refractivity contribution in [1.82, 2.24) is 9.62 Å². The molecule has 2 aromatic rings. The van der Waals surface area contributed by atoms with Gasteiger partial charge in [0.15, 0.2) is 0 Å². The van der Waals surface area contributed by atoms with Crippen LogP contribution in [0.25, 0.3) is 0 Å². The molecule has 3 rings (SSSR count). The summed E-state index contributed by atoms with van der Waals surface area (Å²) >= 11 is 0. The second-order valence-electron chi connectivity index (χ2n) is 7.53. The standard InChI is InChI=1S/C21H25N3O5S/c1-15-8-9-19(24(26)27)14-20(15)30(28,29)23-12-10-18(11-13-23)21(25)22-16(2)17-6-4-3-5-7-17/h3-9,14,16,18H,10-13H2,1-2H3,(H,22,25). The number of carbonyl (C=O) groups excluding carboxylic acids is 1. The van der Waals surface area contributed by atoms with Gasteiger partial charge in [-0.15, -0.1) is 0 Å². The van der Waals surface area contributed by atoms with Crippen LogP contribution in [0.2, 0.25) is 0 Å². The highest BCUT2D eigenvalue weighted by Crippen LogP contribution is 2.28. The van der Waals surface area contributed by atoms with E-state index in [-0.39, 0.29) is 41.5 Å². The summed E-state index contributed by atoms with van der Waals surface area (Å²) in [7, 11) is -3.87. The lowest BCUT2D eigenvalue weighted by Gasteiger charge is -2.31. The van der Waals surface area contributed by atoms with Crippen LogP contribution in [0, 0.1) is 23.0 Å². The minimum atomic E-state index is -3.87. The highest BCUT2D eigenvalue weighted by atomic mass is 32.2. The van der Waals surface area contributed by atoms with Crippen molar-refractivity contribution in [2.75, 3.05) is 13.1 Å². The molecular formula is C21H25N3O5S. The molecule has 0 bridgehead atoms. The normalized spacial score (nSPS) is 16.7. The van der Waals surface area contributed by atoms with Gasteiger partial charge in [0.2, 0.25) is 15.9 Å². The Kier molecular flexibility index (Phi) is 6.52. The number of nitrogens with zero attached hydrogens (tertiary/aromatic N) is 2. The van der Waals surface area contributed by atoms with E-state index < -0.39 is 14.9 Å². The molecule has 0 saturated carbocycles. The number of hydrogen-bond acceptors (Lipinski definition) is 5. The third-order valence-electron chi connectivity index (χ3n) is 5.48. The van der Waals surface area contributed by atoms with Crippen LogP contribution < -0.4 is 5.32 Å².